The first-order valence-electron chi connectivity index (χ1n) is 4.68. The van der Waals surface area contributed by atoms with Crippen molar-refractivity contribution in [3.63, 3.8) is 0 Å². The first-order chi connectivity index (χ1) is 5.88. The van der Waals surface area contributed by atoms with Crippen LogP contribution in [0.4, 0.5) is 0 Å². The Morgan fingerprint density at radius 1 is 1.00 bits per heavy atom. The van der Waals surface area contributed by atoms with Gasteiger partial charge in [0.2, 0.25) is 6.41 Å². The molecule has 0 aromatic heterocycles. The second kappa shape index (κ2) is 7.53. The van der Waals surface area contributed by atoms with Gasteiger partial charge in [0.1, 0.15) is 0 Å². The standard InChI is InChI=1S/C7H15NO2.C2H6/c1-9-7(10-2)8-5-3-4-6-8;1-2/h7H,3-6H2,1-2H3;1-2H3. The molecular weight excluding hydrogens is 154 g/mol. The highest BCUT2D eigenvalue weighted by Gasteiger charge is 2.20. The smallest absolute Gasteiger partial charge is 0.218 e. The van der Waals surface area contributed by atoms with Gasteiger partial charge in [-0.1, -0.05) is 13.8 Å². The van der Waals surface area contributed by atoms with Crippen LogP contribution in [-0.2, 0) is 9.47 Å². The molecule has 1 aliphatic rings. The monoisotopic (exact) mass is 175 g/mol. The van der Waals surface area contributed by atoms with Crippen LogP contribution in [0.15, 0.2) is 0 Å². The van der Waals surface area contributed by atoms with Gasteiger partial charge in [0, 0.05) is 27.3 Å². The molecule has 0 aliphatic carbocycles. The Hall–Kier alpha value is -0.120. The van der Waals surface area contributed by atoms with Crippen LogP contribution in [0.3, 0.4) is 0 Å². The third kappa shape index (κ3) is 3.52. The number of hydrogen-bond donors (Lipinski definition) is 0. The second-order valence-corrected chi connectivity index (χ2v) is 2.52. The molecule has 0 atom stereocenters. The van der Waals surface area contributed by atoms with Crippen LogP contribution < -0.4 is 0 Å². The molecule has 12 heavy (non-hydrogen) atoms. The minimum Gasteiger partial charge on any atom is -0.343 e. The largest absolute Gasteiger partial charge is 0.343 e. The average Bonchev–Trinajstić information content (AvgIpc) is 2.64. The van der Waals surface area contributed by atoms with Crippen LogP contribution >= 0.6 is 0 Å². The molecule has 74 valence electrons. The van der Waals surface area contributed by atoms with E-state index in [4.69, 9.17) is 9.47 Å². The lowest BCUT2D eigenvalue weighted by Gasteiger charge is -2.23. The summed E-state index contributed by atoms with van der Waals surface area (Å²) in [4.78, 5) is 2.19. The van der Waals surface area contributed by atoms with Gasteiger partial charge in [0.15, 0.2) is 0 Å². The second-order valence-electron chi connectivity index (χ2n) is 2.52. The molecule has 1 saturated heterocycles. The number of hydrogen-bond acceptors (Lipinski definition) is 3. The molecule has 1 aliphatic heterocycles. The summed E-state index contributed by atoms with van der Waals surface area (Å²) >= 11 is 0. The van der Waals surface area contributed by atoms with Crippen molar-refractivity contribution in [3.8, 4) is 0 Å². The average molecular weight is 175 g/mol. The van der Waals surface area contributed by atoms with Crippen LogP contribution in [0.25, 0.3) is 0 Å². The van der Waals surface area contributed by atoms with E-state index in [1.165, 1.54) is 12.8 Å². The van der Waals surface area contributed by atoms with E-state index >= 15 is 0 Å². The Bertz CT molecular complexity index is 88.5. The Kier molecular flexibility index (Phi) is 7.45. The number of likely N-dealkylation sites (tertiary alicyclic amines) is 1. The van der Waals surface area contributed by atoms with E-state index in [1.54, 1.807) is 14.2 Å². The summed E-state index contributed by atoms with van der Waals surface area (Å²) in [6.45, 7) is 6.21. The predicted octanol–water partition coefficient (Wildman–Crippen LogP) is 1.68. The summed E-state index contributed by atoms with van der Waals surface area (Å²) in [7, 11) is 3.35. The lowest BCUT2D eigenvalue weighted by Crippen LogP contribution is -2.35. The van der Waals surface area contributed by atoms with Gasteiger partial charge >= 0.3 is 0 Å². The molecule has 1 rings (SSSR count). The minimum atomic E-state index is -0.123. The Labute approximate surface area is 75.6 Å². The lowest BCUT2D eigenvalue weighted by atomic mass is 10.4. The molecule has 0 spiro atoms. The fourth-order valence-electron chi connectivity index (χ4n) is 1.35. The van der Waals surface area contributed by atoms with E-state index in [0.717, 1.165) is 13.1 Å². The van der Waals surface area contributed by atoms with Gasteiger partial charge in [-0.2, -0.15) is 0 Å². The van der Waals surface area contributed by atoms with Gasteiger partial charge in [0.05, 0.1) is 0 Å². The molecule has 1 heterocycles. The van der Waals surface area contributed by atoms with E-state index < -0.39 is 0 Å². The predicted molar refractivity (Wildman–Crippen MR) is 50.0 cm³/mol. The van der Waals surface area contributed by atoms with Gasteiger partial charge in [-0.15, -0.1) is 0 Å². The zero-order valence-electron chi connectivity index (χ0n) is 8.67. The van der Waals surface area contributed by atoms with Gasteiger partial charge < -0.3 is 9.47 Å². The lowest BCUT2D eigenvalue weighted by molar-refractivity contribution is -0.189. The van der Waals surface area contributed by atoms with Crippen molar-refractivity contribution in [2.45, 2.75) is 33.1 Å². The zero-order chi connectivity index (χ0) is 9.40. The third-order valence-corrected chi connectivity index (χ3v) is 1.84. The number of nitrogens with zero attached hydrogens (tertiary/aromatic N) is 1. The summed E-state index contributed by atoms with van der Waals surface area (Å²) in [5, 5.41) is 0. The van der Waals surface area contributed by atoms with Gasteiger partial charge in [-0.25, -0.2) is 0 Å². The highest BCUT2D eigenvalue weighted by Crippen LogP contribution is 2.11. The van der Waals surface area contributed by atoms with Crippen molar-refractivity contribution in [1.82, 2.24) is 4.90 Å². The highest BCUT2D eigenvalue weighted by atomic mass is 16.7. The fraction of sp³-hybridized carbons (Fsp3) is 1.00. The number of ether oxygens (including phenoxy) is 2. The van der Waals surface area contributed by atoms with E-state index in [1.807, 2.05) is 13.8 Å². The van der Waals surface area contributed by atoms with Crippen LogP contribution in [0, 0.1) is 0 Å². The normalized spacial score (nSPS) is 17.8. The molecule has 0 amide bonds. The minimum absolute atomic E-state index is 0.123. The highest BCUT2D eigenvalue weighted by molar-refractivity contribution is 4.64. The van der Waals surface area contributed by atoms with E-state index in [0.29, 0.717) is 0 Å². The van der Waals surface area contributed by atoms with E-state index in [-0.39, 0.29) is 6.41 Å². The quantitative estimate of drug-likeness (QED) is 0.609. The molecule has 0 aromatic rings. The van der Waals surface area contributed by atoms with Crippen LogP contribution in [-0.4, -0.2) is 38.6 Å². The third-order valence-electron chi connectivity index (χ3n) is 1.84. The molecule has 3 nitrogen and oxygen atoms in total. The maximum Gasteiger partial charge on any atom is 0.218 e. The molecule has 1 fully saturated rings. The van der Waals surface area contributed by atoms with Crippen molar-refractivity contribution in [3.05, 3.63) is 0 Å². The Balaban J connectivity index is 0.000000561. The molecule has 0 radical (unpaired) electrons. The first kappa shape index (κ1) is 11.9. The van der Waals surface area contributed by atoms with E-state index in [2.05, 4.69) is 4.90 Å². The zero-order valence-corrected chi connectivity index (χ0v) is 8.67. The number of rotatable bonds is 3. The topological polar surface area (TPSA) is 21.7 Å². The Morgan fingerprint density at radius 2 is 1.42 bits per heavy atom. The van der Waals surface area contributed by atoms with Crippen molar-refractivity contribution in [2.24, 2.45) is 0 Å². The first-order valence-corrected chi connectivity index (χ1v) is 4.68. The summed E-state index contributed by atoms with van der Waals surface area (Å²) in [5.74, 6) is 0. The van der Waals surface area contributed by atoms with E-state index in [9.17, 15) is 0 Å². The summed E-state index contributed by atoms with van der Waals surface area (Å²) < 4.78 is 10.2. The Morgan fingerprint density at radius 3 is 1.75 bits per heavy atom. The molecule has 3 heteroatoms. The molecule has 0 bridgehead atoms. The maximum absolute atomic E-state index is 5.09. The number of methoxy groups -OCH3 is 2. The fourth-order valence-corrected chi connectivity index (χ4v) is 1.35. The molecule has 0 saturated carbocycles. The van der Waals surface area contributed by atoms with Gasteiger partial charge in [-0.3, -0.25) is 4.90 Å². The molecular formula is C9H21NO2. The molecule has 0 N–H and O–H groups in total. The van der Waals surface area contributed by atoms with Crippen LogP contribution in [0.1, 0.15) is 26.7 Å². The summed E-state index contributed by atoms with van der Waals surface area (Å²) in [6.07, 6.45) is 2.41. The maximum atomic E-state index is 5.09. The van der Waals surface area contributed by atoms with Crippen molar-refractivity contribution in [2.75, 3.05) is 27.3 Å². The van der Waals surface area contributed by atoms with Gasteiger partial charge in [-0.05, 0) is 12.8 Å². The SMILES string of the molecule is CC.COC(OC)N1CCCC1. The summed E-state index contributed by atoms with van der Waals surface area (Å²) in [6, 6.07) is 0. The van der Waals surface area contributed by atoms with Crippen molar-refractivity contribution in [1.29, 1.82) is 0 Å². The molecule has 0 aromatic carbocycles. The summed E-state index contributed by atoms with van der Waals surface area (Å²) in [5.41, 5.74) is 0. The van der Waals surface area contributed by atoms with Crippen molar-refractivity contribution >= 4 is 0 Å². The van der Waals surface area contributed by atoms with Gasteiger partial charge in [0.25, 0.3) is 0 Å². The van der Waals surface area contributed by atoms with Crippen LogP contribution in [0.2, 0.25) is 0 Å². The molecule has 0 unspecified atom stereocenters. The van der Waals surface area contributed by atoms with Crippen molar-refractivity contribution < 1.29 is 9.47 Å². The van der Waals surface area contributed by atoms with Crippen LogP contribution in [0.5, 0.6) is 0 Å².